The lowest BCUT2D eigenvalue weighted by atomic mass is 9.89. The number of nitrogens with one attached hydrogen (secondary N) is 1. The summed E-state index contributed by atoms with van der Waals surface area (Å²) in [6, 6.07) is 28.8. The van der Waals surface area contributed by atoms with Gasteiger partial charge in [-0.15, -0.1) is 0 Å². The fourth-order valence-corrected chi connectivity index (χ4v) is 3.57. The van der Waals surface area contributed by atoms with E-state index in [4.69, 9.17) is 9.47 Å². The second-order valence-corrected chi connectivity index (χ2v) is 6.89. The summed E-state index contributed by atoms with van der Waals surface area (Å²) in [6.45, 7) is 2.44. The van der Waals surface area contributed by atoms with E-state index in [-0.39, 0.29) is 6.10 Å². The number of piperidine rings is 1. The quantitative estimate of drug-likeness (QED) is 0.686. The summed E-state index contributed by atoms with van der Waals surface area (Å²) in [6.07, 6.45) is 1.11. The molecule has 3 nitrogen and oxygen atoms in total. The van der Waals surface area contributed by atoms with Crippen LogP contribution in [0.25, 0.3) is 0 Å². The molecular weight excluding hydrogens is 334 g/mol. The zero-order chi connectivity index (χ0) is 18.3. The minimum absolute atomic E-state index is 0.134. The normalized spacial score (nSPS) is 19.4. The smallest absolute Gasteiger partial charge is 0.161 e. The van der Waals surface area contributed by atoms with Crippen LogP contribution in [0, 0.1) is 0 Å². The Morgan fingerprint density at radius 2 is 1.44 bits per heavy atom. The van der Waals surface area contributed by atoms with Crippen LogP contribution < -0.4 is 14.8 Å². The van der Waals surface area contributed by atoms with Gasteiger partial charge in [-0.2, -0.15) is 0 Å². The monoisotopic (exact) mass is 359 g/mol. The van der Waals surface area contributed by atoms with Crippen molar-refractivity contribution in [3.8, 4) is 11.5 Å². The zero-order valence-corrected chi connectivity index (χ0v) is 15.4. The minimum atomic E-state index is 0.134. The van der Waals surface area contributed by atoms with Crippen molar-refractivity contribution >= 4 is 0 Å². The molecule has 1 aliphatic heterocycles. The molecule has 27 heavy (non-hydrogen) atoms. The van der Waals surface area contributed by atoms with Crippen molar-refractivity contribution in [1.29, 1.82) is 0 Å². The number of rotatable bonds is 6. The van der Waals surface area contributed by atoms with Crippen molar-refractivity contribution in [2.75, 3.05) is 13.1 Å². The van der Waals surface area contributed by atoms with E-state index in [0.717, 1.165) is 36.6 Å². The van der Waals surface area contributed by atoms with E-state index in [1.807, 2.05) is 42.5 Å². The van der Waals surface area contributed by atoms with Crippen LogP contribution in [-0.2, 0) is 6.61 Å². The van der Waals surface area contributed by atoms with Gasteiger partial charge in [0, 0.05) is 12.5 Å². The van der Waals surface area contributed by atoms with Gasteiger partial charge in [0.15, 0.2) is 11.5 Å². The molecule has 0 spiro atoms. The SMILES string of the molecule is c1ccc(COc2ccccc2OC2CCNCC2c2ccccc2)cc1. The van der Waals surface area contributed by atoms with Crippen LogP contribution in [-0.4, -0.2) is 19.2 Å². The number of ether oxygens (including phenoxy) is 2. The molecule has 1 aliphatic rings. The highest BCUT2D eigenvalue weighted by Crippen LogP contribution is 2.33. The number of hydrogen-bond donors (Lipinski definition) is 1. The maximum Gasteiger partial charge on any atom is 0.161 e. The summed E-state index contributed by atoms with van der Waals surface area (Å²) in [5.41, 5.74) is 2.47. The standard InChI is InChI=1S/C24H25NO2/c1-3-9-19(10-4-1)18-26-23-13-7-8-14-24(23)27-22-15-16-25-17-21(22)20-11-5-2-6-12-20/h1-14,21-22,25H,15-18H2. The lowest BCUT2D eigenvalue weighted by Gasteiger charge is -2.33. The summed E-state index contributed by atoms with van der Waals surface area (Å²) in [5, 5.41) is 3.50. The van der Waals surface area contributed by atoms with Gasteiger partial charge in [-0.25, -0.2) is 0 Å². The molecule has 2 unspecified atom stereocenters. The molecule has 0 aromatic heterocycles. The third kappa shape index (κ3) is 4.50. The minimum Gasteiger partial charge on any atom is -0.486 e. The summed E-state index contributed by atoms with van der Waals surface area (Å²) in [5.74, 6) is 1.95. The van der Waals surface area contributed by atoms with E-state index in [1.54, 1.807) is 0 Å². The lowest BCUT2D eigenvalue weighted by Crippen LogP contribution is -2.41. The maximum atomic E-state index is 6.48. The molecule has 1 fully saturated rings. The van der Waals surface area contributed by atoms with Crippen molar-refractivity contribution in [2.45, 2.75) is 25.0 Å². The predicted octanol–water partition coefficient (Wildman–Crippen LogP) is 4.79. The Morgan fingerprint density at radius 3 is 2.22 bits per heavy atom. The van der Waals surface area contributed by atoms with Crippen molar-refractivity contribution in [3.63, 3.8) is 0 Å². The van der Waals surface area contributed by atoms with Gasteiger partial charge in [0.2, 0.25) is 0 Å². The van der Waals surface area contributed by atoms with E-state index < -0.39 is 0 Å². The van der Waals surface area contributed by atoms with E-state index in [2.05, 4.69) is 47.8 Å². The second-order valence-electron chi connectivity index (χ2n) is 6.89. The molecule has 0 bridgehead atoms. The van der Waals surface area contributed by atoms with Crippen LogP contribution in [0.15, 0.2) is 84.9 Å². The molecule has 138 valence electrons. The molecule has 0 radical (unpaired) electrons. The third-order valence-electron chi connectivity index (χ3n) is 5.01. The lowest BCUT2D eigenvalue weighted by molar-refractivity contribution is 0.131. The first-order valence-corrected chi connectivity index (χ1v) is 9.58. The van der Waals surface area contributed by atoms with Gasteiger partial charge in [-0.05, 0) is 36.2 Å². The Bertz CT molecular complexity index is 835. The van der Waals surface area contributed by atoms with Crippen molar-refractivity contribution in [2.24, 2.45) is 0 Å². The van der Waals surface area contributed by atoms with Gasteiger partial charge in [0.25, 0.3) is 0 Å². The van der Waals surface area contributed by atoms with Crippen molar-refractivity contribution < 1.29 is 9.47 Å². The zero-order valence-electron chi connectivity index (χ0n) is 15.4. The highest BCUT2D eigenvalue weighted by Gasteiger charge is 2.28. The number of benzene rings is 3. The molecule has 0 amide bonds. The molecule has 3 heteroatoms. The molecule has 4 rings (SSSR count). The predicted molar refractivity (Wildman–Crippen MR) is 108 cm³/mol. The van der Waals surface area contributed by atoms with Gasteiger partial charge in [0.1, 0.15) is 12.7 Å². The maximum absolute atomic E-state index is 6.48. The summed E-state index contributed by atoms with van der Waals surface area (Å²) >= 11 is 0. The van der Waals surface area contributed by atoms with Crippen molar-refractivity contribution in [1.82, 2.24) is 5.32 Å². The molecule has 0 saturated carbocycles. The van der Waals surface area contributed by atoms with Crippen molar-refractivity contribution in [3.05, 3.63) is 96.1 Å². The van der Waals surface area contributed by atoms with Crippen LogP contribution in [0.4, 0.5) is 0 Å². The van der Waals surface area contributed by atoms with Gasteiger partial charge in [0.05, 0.1) is 0 Å². The van der Waals surface area contributed by atoms with Gasteiger partial charge in [-0.1, -0.05) is 72.8 Å². The van der Waals surface area contributed by atoms with Crippen LogP contribution in [0.2, 0.25) is 0 Å². The van der Waals surface area contributed by atoms with E-state index in [9.17, 15) is 0 Å². The van der Waals surface area contributed by atoms with Gasteiger partial charge < -0.3 is 14.8 Å². The highest BCUT2D eigenvalue weighted by atomic mass is 16.5. The van der Waals surface area contributed by atoms with Gasteiger partial charge in [-0.3, -0.25) is 0 Å². The summed E-state index contributed by atoms with van der Waals surface area (Å²) in [4.78, 5) is 0. The topological polar surface area (TPSA) is 30.5 Å². The van der Waals surface area contributed by atoms with E-state index in [0.29, 0.717) is 12.5 Å². The number of para-hydroxylation sites is 2. The molecule has 1 N–H and O–H groups in total. The molecule has 1 saturated heterocycles. The fraction of sp³-hybridized carbons (Fsp3) is 0.250. The molecule has 3 aromatic carbocycles. The van der Waals surface area contributed by atoms with Gasteiger partial charge >= 0.3 is 0 Å². The van der Waals surface area contributed by atoms with Crippen LogP contribution >= 0.6 is 0 Å². The average Bonchev–Trinajstić information content (AvgIpc) is 2.75. The summed E-state index contributed by atoms with van der Waals surface area (Å²) < 4.78 is 12.5. The number of hydrogen-bond acceptors (Lipinski definition) is 3. The largest absolute Gasteiger partial charge is 0.486 e. The highest BCUT2D eigenvalue weighted by molar-refractivity contribution is 5.40. The Labute approximate surface area is 161 Å². The Balaban J connectivity index is 1.49. The molecule has 3 aromatic rings. The first-order valence-electron chi connectivity index (χ1n) is 9.58. The van der Waals surface area contributed by atoms with Crippen LogP contribution in [0.3, 0.4) is 0 Å². The Morgan fingerprint density at radius 1 is 0.778 bits per heavy atom. The Kier molecular flexibility index (Phi) is 5.70. The fourth-order valence-electron chi connectivity index (χ4n) is 3.57. The van der Waals surface area contributed by atoms with E-state index in [1.165, 1.54) is 5.56 Å². The third-order valence-corrected chi connectivity index (χ3v) is 5.01. The van der Waals surface area contributed by atoms with E-state index >= 15 is 0 Å². The molecule has 1 heterocycles. The summed E-state index contributed by atoms with van der Waals surface area (Å²) in [7, 11) is 0. The first-order chi connectivity index (χ1) is 13.4. The molecule has 0 aliphatic carbocycles. The first kappa shape index (κ1) is 17.6. The Hall–Kier alpha value is -2.78. The van der Waals surface area contributed by atoms with Crippen LogP contribution in [0.5, 0.6) is 11.5 Å². The molecular formula is C24H25NO2. The average molecular weight is 359 g/mol. The molecule has 2 atom stereocenters. The second kappa shape index (κ2) is 8.74. The van der Waals surface area contributed by atoms with Crippen LogP contribution in [0.1, 0.15) is 23.5 Å².